The van der Waals surface area contributed by atoms with Crippen molar-refractivity contribution >= 4 is 49.6 Å². The van der Waals surface area contributed by atoms with E-state index in [1.165, 1.54) is 0 Å². The van der Waals surface area contributed by atoms with Crippen molar-refractivity contribution in [3.8, 4) is 0 Å². The molecule has 0 bridgehead atoms. The maximum Gasteiger partial charge on any atom is 0.424 e. The predicted molar refractivity (Wildman–Crippen MR) is 111 cm³/mol. The van der Waals surface area contributed by atoms with Crippen molar-refractivity contribution in [2.75, 3.05) is 18.3 Å². The first kappa shape index (κ1) is 25.8. The number of nitrogens with zero attached hydrogens (tertiary/aromatic N) is 2. The van der Waals surface area contributed by atoms with Crippen molar-refractivity contribution in [1.29, 1.82) is 0 Å². The molecule has 30 heavy (non-hydrogen) atoms. The summed E-state index contributed by atoms with van der Waals surface area (Å²) in [6.07, 6.45) is -1.47. The fraction of sp³-hybridized carbons (Fsp3) is 0.556. The third kappa shape index (κ3) is 6.94. The molecular formula is C18H25BrN2O8S. The average molecular weight is 509 g/mol. The molecule has 0 saturated carbocycles. The minimum Gasteiger partial charge on any atom is -0.464 e. The Morgan fingerprint density at radius 1 is 1.00 bits per heavy atom. The standard InChI is InChI=1S/C18H25BrN2O8S/c1-17(2,3)28-15(23)21(16(24)29-18(4,5)6)10-9-11(30(8,25)26)13(19)20-12(10)14(22)27-7/h9H,1-8H3. The van der Waals surface area contributed by atoms with E-state index in [4.69, 9.17) is 9.47 Å². The van der Waals surface area contributed by atoms with Gasteiger partial charge in [-0.25, -0.2) is 27.8 Å². The summed E-state index contributed by atoms with van der Waals surface area (Å²) >= 11 is 2.99. The molecule has 0 atom stereocenters. The van der Waals surface area contributed by atoms with Gasteiger partial charge in [0.15, 0.2) is 15.5 Å². The van der Waals surface area contributed by atoms with Crippen molar-refractivity contribution in [2.45, 2.75) is 57.6 Å². The minimum absolute atomic E-state index is 0.192. The molecule has 1 aromatic rings. The molecule has 0 aliphatic carbocycles. The molecule has 0 N–H and O–H groups in total. The Labute approximate surface area is 183 Å². The lowest BCUT2D eigenvalue weighted by Gasteiger charge is -2.29. The lowest BCUT2D eigenvalue weighted by molar-refractivity contribution is 0.0430. The van der Waals surface area contributed by atoms with Crippen LogP contribution in [0.1, 0.15) is 52.0 Å². The molecule has 12 heteroatoms. The van der Waals surface area contributed by atoms with Crippen molar-refractivity contribution < 1.29 is 37.0 Å². The van der Waals surface area contributed by atoms with Crippen LogP contribution in [-0.2, 0) is 24.0 Å². The highest BCUT2D eigenvalue weighted by molar-refractivity contribution is 9.10. The second-order valence-corrected chi connectivity index (χ2v) is 10.9. The first-order valence-corrected chi connectivity index (χ1v) is 11.3. The number of halogens is 1. The van der Waals surface area contributed by atoms with Crippen molar-refractivity contribution in [2.24, 2.45) is 0 Å². The lowest BCUT2D eigenvalue weighted by Crippen LogP contribution is -2.44. The van der Waals surface area contributed by atoms with Crippen LogP contribution in [-0.4, -0.2) is 56.1 Å². The summed E-state index contributed by atoms with van der Waals surface area (Å²) in [4.78, 5) is 41.9. The summed E-state index contributed by atoms with van der Waals surface area (Å²) in [5.41, 5.74) is -2.97. The fourth-order valence-corrected chi connectivity index (χ4v) is 3.88. The lowest BCUT2D eigenvalue weighted by atomic mass is 10.2. The Morgan fingerprint density at radius 2 is 1.43 bits per heavy atom. The van der Waals surface area contributed by atoms with Crippen molar-refractivity contribution in [3.63, 3.8) is 0 Å². The van der Waals surface area contributed by atoms with E-state index >= 15 is 0 Å². The Balaban J connectivity index is 3.85. The van der Waals surface area contributed by atoms with Crippen LogP contribution in [0.4, 0.5) is 15.3 Å². The number of methoxy groups -OCH3 is 1. The molecule has 10 nitrogen and oxygen atoms in total. The molecule has 1 aromatic heterocycles. The molecule has 1 heterocycles. The highest BCUT2D eigenvalue weighted by atomic mass is 79.9. The Hall–Kier alpha value is -2.21. The zero-order chi connectivity index (χ0) is 23.7. The highest BCUT2D eigenvalue weighted by Gasteiger charge is 2.37. The van der Waals surface area contributed by atoms with E-state index in [2.05, 4.69) is 25.7 Å². The second kappa shape index (κ2) is 8.88. The van der Waals surface area contributed by atoms with Gasteiger partial charge in [-0.05, 0) is 63.5 Å². The number of hydrogen-bond donors (Lipinski definition) is 0. The van der Waals surface area contributed by atoms with Crippen LogP contribution in [0.5, 0.6) is 0 Å². The quantitative estimate of drug-likeness (QED) is 0.340. The molecule has 0 aliphatic heterocycles. The molecule has 0 spiro atoms. The van der Waals surface area contributed by atoms with E-state index in [0.29, 0.717) is 4.90 Å². The Morgan fingerprint density at radius 3 is 1.77 bits per heavy atom. The van der Waals surface area contributed by atoms with Gasteiger partial charge < -0.3 is 14.2 Å². The summed E-state index contributed by atoms with van der Waals surface area (Å²) in [5, 5.41) is 0. The number of imide groups is 1. The number of hydrogen-bond acceptors (Lipinski definition) is 9. The van der Waals surface area contributed by atoms with Crippen molar-refractivity contribution in [3.05, 3.63) is 16.4 Å². The van der Waals surface area contributed by atoms with Crippen LogP contribution in [0, 0.1) is 0 Å². The maximum absolute atomic E-state index is 12.9. The molecule has 0 aromatic carbocycles. The minimum atomic E-state index is -3.85. The van der Waals surface area contributed by atoms with E-state index in [1.807, 2.05) is 0 Å². The van der Waals surface area contributed by atoms with Gasteiger partial charge in [-0.3, -0.25) is 0 Å². The maximum atomic E-state index is 12.9. The van der Waals surface area contributed by atoms with Crippen LogP contribution in [0.15, 0.2) is 15.6 Å². The van der Waals surface area contributed by atoms with Crippen LogP contribution >= 0.6 is 15.9 Å². The summed E-state index contributed by atoms with van der Waals surface area (Å²) in [6, 6.07) is 0.951. The SMILES string of the molecule is COC(=O)c1nc(Br)c(S(C)(=O)=O)cc1N(C(=O)OC(C)(C)C)C(=O)OC(C)(C)C. The third-order valence-corrected chi connectivity index (χ3v) is 5.07. The molecule has 0 saturated heterocycles. The summed E-state index contributed by atoms with van der Waals surface area (Å²) < 4.78 is 39.3. The van der Waals surface area contributed by atoms with Gasteiger partial charge in [-0.2, -0.15) is 4.90 Å². The highest BCUT2D eigenvalue weighted by Crippen LogP contribution is 2.31. The Kier molecular flexibility index (Phi) is 7.65. The molecule has 168 valence electrons. The smallest absolute Gasteiger partial charge is 0.424 e. The number of aromatic nitrogens is 1. The van der Waals surface area contributed by atoms with E-state index in [9.17, 15) is 22.8 Å². The molecule has 0 fully saturated rings. The molecular weight excluding hydrogens is 484 g/mol. The molecule has 0 aliphatic rings. The van der Waals surface area contributed by atoms with Crippen LogP contribution in [0.3, 0.4) is 0 Å². The summed E-state index contributed by atoms with van der Waals surface area (Å²) in [6.45, 7) is 9.42. The van der Waals surface area contributed by atoms with Gasteiger partial charge >= 0.3 is 18.2 Å². The number of ether oxygens (including phenoxy) is 3. The number of amides is 2. The van der Waals surface area contributed by atoms with Crippen molar-refractivity contribution in [1.82, 2.24) is 4.98 Å². The zero-order valence-corrected chi connectivity index (χ0v) is 20.4. The second-order valence-electron chi connectivity index (χ2n) is 8.20. The number of carbonyl (C=O) groups is 3. The normalized spacial score (nSPS) is 12.2. The number of anilines is 1. The van der Waals surface area contributed by atoms with Gasteiger partial charge in [0.25, 0.3) is 0 Å². The van der Waals surface area contributed by atoms with E-state index < -0.39 is 50.6 Å². The van der Waals surface area contributed by atoms with Crippen LogP contribution in [0.2, 0.25) is 0 Å². The molecule has 0 unspecified atom stereocenters. The van der Waals surface area contributed by atoms with Crippen LogP contribution in [0.25, 0.3) is 0 Å². The number of carbonyl (C=O) groups excluding carboxylic acids is 3. The summed E-state index contributed by atoms with van der Waals surface area (Å²) in [7, 11) is -2.79. The third-order valence-electron chi connectivity index (χ3n) is 3.09. The predicted octanol–water partition coefficient (Wildman–Crippen LogP) is 3.71. The molecule has 1 rings (SSSR count). The van der Waals surface area contributed by atoms with Gasteiger partial charge in [-0.15, -0.1) is 0 Å². The van der Waals surface area contributed by atoms with E-state index in [1.54, 1.807) is 41.5 Å². The number of pyridine rings is 1. The number of sulfone groups is 1. The van der Waals surface area contributed by atoms with Crippen LogP contribution < -0.4 is 4.90 Å². The van der Waals surface area contributed by atoms with Gasteiger partial charge in [0.2, 0.25) is 0 Å². The van der Waals surface area contributed by atoms with Gasteiger partial charge in [0.05, 0.1) is 12.8 Å². The summed E-state index contributed by atoms with van der Waals surface area (Å²) in [5.74, 6) is -1.01. The number of esters is 1. The Bertz CT molecular complexity index is 934. The largest absolute Gasteiger partial charge is 0.464 e. The van der Waals surface area contributed by atoms with Gasteiger partial charge in [0.1, 0.15) is 20.7 Å². The first-order chi connectivity index (χ1) is 13.4. The van der Waals surface area contributed by atoms with E-state index in [-0.39, 0.29) is 9.50 Å². The van der Waals surface area contributed by atoms with E-state index in [0.717, 1.165) is 19.4 Å². The first-order valence-electron chi connectivity index (χ1n) is 8.62. The average Bonchev–Trinajstić information content (AvgIpc) is 2.50. The van der Waals surface area contributed by atoms with Gasteiger partial charge in [-0.1, -0.05) is 0 Å². The fourth-order valence-electron chi connectivity index (χ4n) is 2.03. The number of rotatable bonds is 3. The topological polar surface area (TPSA) is 129 Å². The molecule has 2 amide bonds. The molecule has 0 radical (unpaired) electrons. The van der Waals surface area contributed by atoms with Gasteiger partial charge in [0, 0.05) is 6.26 Å². The zero-order valence-electron chi connectivity index (χ0n) is 18.0. The monoisotopic (exact) mass is 508 g/mol.